The van der Waals surface area contributed by atoms with Crippen molar-refractivity contribution in [1.29, 1.82) is 0 Å². The van der Waals surface area contributed by atoms with Gasteiger partial charge < -0.3 is 5.11 Å². The lowest BCUT2D eigenvalue weighted by Gasteiger charge is -2.42. The molecule has 1 atom stereocenters. The summed E-state index contributed by atoms with van der Waals surface area (Å²) in [4.78, 5) is 0. The summed E-state index contributed by atoms with van der Waals surface area (Å²) in [5, 5.41) is 9.63. The Morgan fingerprint density at radius 3 is 2.40 bits per heavy atom. The van der Waals surface area contributed by atoms with Gasteiger partial charge in [0.1, 0.15) is 0 Å². The zero-order chi connectivity index (χ0) is 7.61. The molecule has 0 aromatic carbocycles. The van der Waals surface area contributed by atoms with Crippen LogP contribution in [0.1, 0.15) is 46.0 Å². The molecular weight excluding hydrogens is 124 g/mol. The van der Waals surface area contributed by atoms with Gasteiger partial charge in [0.05, 0.1) is 6.10 Å². The highest BCUT2D eigenvalue weighted by atomic mass is 16.3. The first-order valence-electron chi connectivity index (χ1n) is 4.37. The third-order valence-electron chi connectivity index (χ3n) is 2.86. The molecule has 0 radical (unpaired) electrons. The second kappa shape index (κ2) is 2.91. The van der Waals surface area contributed by atoms with Gasteiger partial charge in [-0.1, -0.05) is 26.7 Å². The normalized spacial score (nSPS) is 25.5. The van der Waals surface area contributed by atoms with Gasteiger partial charge in [0.25, 0.3) is 0 Å². The number of hydrogen-bond donors (Lipinski definition) is 1. The second-order valence-electron chi connectivity index (χ2n) is 3.81. The third-order valence-corrected chi connectivity index (χ3v) is 2.86. The number of hydrogen-bond acceptors (Lipinski definition) is 1. The largest absolute Gasteiger partial charge is 0.393 e. The lowest BCUT2D eigenvalue weighted by molar-refractivity contribution is -0.0250. The van der Waals surface area contributed by atoms with E-state index in [1.807, 2.05) is 0 Å². The minimum atomic E-state index is -0.0359. The first-order chi connectivity index (χ1) is 4.69. The molecule has 0 aliphatic heterocycles. The van der Waals surface area contributed by atoms with E-state index in [1.54, 1.807) is 0 Å². The summed E-state index contributed by atoms with van der Waals surface area (Å²) in [7, 11) is 0. The molecule has 0 aromatic rings. The van der Waals surface area contributed by atoms with Gasteiger partial charge in [0.2, 0.25) is 0 Å². The minimum Gasteiger partial charge on any atom is -0.393 e. The van der Waals surface area contributed by atoms with Crippen LogP contribution in [0.5, 0.6) is 0 Å². The molecule has 1 heteroatoms. The van der Waals surface area contributed by atoms with Crippen molar-refractivity contribution in [2.45, 2.75) is 52.1 Å². The van der Waals surface area contributed by atoms with Crippen molar-refractivity contribution >= 4 is 0 Å². The molecule has 1 saturated carbocycles. The van der Waals surface area contributed by atoms with Crippen LogP contribution in [0.2, 0.25) is 0 Å². The van der Waals surface area contributed by atoms with Crippen LogP contribution in [0.25, 0.3) is 0 Å². The van der Waals surface area contributed by atoms with Crippen molar-refractivity contribution < 1.29 is 5.11 Å². The first-order valence-corrected chi connectivity index (χ1v) is 4.37. The second-order valence-corrected chi connectivity index (χ2v) is 3.81. The molecule has 0 heterocycles. The predicted octanol–water partition coefficient (Wildman–Crippen LogP) is 2.34. The standard InChI is InChI=1S/C9H18O/c1-3-5-8(10)9(2)6-4-7-9/h8,10H,3-7H2,1-2H3/t8-/m0/s1. The van der Waals surface area contributed by atoms with Crippen LogP contribution in [0.4, 0.5) is 0 Å². The highest BCUT2D eigenvalue weighted by molar-refractivity contribution is 4.89. The molecule has 1 rings (SSSR count). The van der Waals surface area contributed by atoms with Gasteiger partial charge in [-0.2, -0.15) is 0 Å². The van der Waals surface area contributed by atoms with E-state index in [2.05, 4.69) is 13.8 Å². The van der Waals surface area contributed by atoms with E-state index >= 15 is 0 Å². The average Bonchev–Trinajstić information content (AvgIpc) is 1.83. The molecule has 10 heavy (non-hydrogen) atoms. The molecule has 60 valence electrons. The Kier molecular flexibility index (Phi) is 2.35. The monoisotopic (exact) mass is 142 g/mol. The highest BCUT2D eigenvalue weighted by Gasteiger charge is 2.37. The van der Waals surface area contributed by atoms with Crippen LogP contribution < -0.4 is 0 Å². The van der Waals surface area contributed by atoms with Crippen molar-refractivity contribution in [2.75, 3.05) is 0 Å². The van der Waals surface area contributed by atoms with Crippen LogP contribution in [0.3, 0.4) is 0 Å². The maximum atomic E-state index is 9.63. The summed E-state index contributed by atoms with van der Waals surface area (Å²) in [6, 6.07) is 0. The minimum absolute atomic E-state index is 0.0359. The third kappa shape index (κ3) is 1.34. The van der Waals surface area contributed by atoms with Crippen LogP contribution in [-0.2, 0) is 0 Å². The lowest BCUT2D eigenvalue weighted by Crippen LogP contribution is -2.38. The molecule has 1 N–H and O–H groups in total. The van der Waals surface area contributed by atoms with E-state index in [1.165, 1.54) is 19.3 Å². The Labute approximate surface area is 63.4 Å². The zero-order valence-corrected chi connectivity index (χ0v) is 7.06. The number of aliphatic hydroxyl groups excluding tert-OH is 1. The van der Waals surface area contributed by atoms with Gasteiger partial charge >= 0.3 is 0 Å². The van der Waals surface area contributed by atoms with Gasteiger partial charge in [-0.15, -0.1) is 0 Å². The van der Waals surface area contributed by atoms with E-state index in [4.69, 9.17) is 0 Å². The highest BCUT2D eigenvalue weighted by Crippen LogP contribution is 2.44. The van der Waals surface area contributed by atoms with Crippen molar-refractivity contribution in [2.24, 2.45) is 5.41 Å². The van der Waals surface area contributed by atoms with Crippen molar-refractivity contribution in [3.63, 3.8) is 0 Å². The molecule has 0 unspecified atom stereocenters. The molecule has 1 aliphatic carbocycles. The van der Waals surface area contributed by atoms with E-state index < -0.39 is 0 Å². The van der Waals surface area contributed by atoms with Crippen LogP contribution in [0.15, 0.2) is 0 Å². The number of rotatable bonds is 3. The SMILES string of the molecule is CCC[C@H](O)C1(C)CCC1. The molecule has 0 saturated heterocycles. The van der Waals surface area contributed by atoms with E-state index in [0.717, 1.165) is 12.8 Å². The van der Waals surface area contributed by atoms with Gasteiger partial charge in [0.15, 0.2) is 0 Å². The van der Waals surface area contributed by atoms with Crippen LogP contribution in [-0.4, -0.2) is 11.2 Å². The van der Waals surface area contributed by atoms with Gasteiger partial charge in [0, 0.05) is 0 Å². The maximum Gasteiger partial charge on any atom is 0.0593 e. The smallest absolute Gasteiger partial charge is 0.0593 e. The van der Waals surface area contributed by atoms with E-state index in [-0.39, 0.29) is 11.5 Å². The fraction of sp³-hybridized carbons (Fsp3) is 1.00. The first kappa shape index (κ1) is 8.06. The summed E-state index contributed by atoms with van der Waals surface area (Å²) in [6.45, 7) is 4.34. The van der Waals surface area contributed by atoms with E-state index in [9.17, 15) is 5.11 Å². The van der Waals surface area contributed by atoms with Crippen molar-refractivity contribution in [1.82, 2.24) is 0 Å². The fourth-order valence-corrected chi connectivity index (χ4v) is 1.69. The molecular formula is C9H18O. The van der Waals surface area contributed by atoms with Gasteiger partial charge in [-0.25, -0.2) is 0 Å². The quantitative estimate of drug-likeness (QED) is 0.641. The molecule has 1 aliphatic rings. The molecule has 1 nitrogen and oxygen atoms in total. The summed E-state index contributed by atoms with van der Waals surface area (Å²) < 4.78 is 0. The molecule has 0 spiro atoms. The van der Waals surface area contributed by atoms with Crippen LogP contribution >= 0.6 is 0 Å². The van der Waals surface area contributed by atoms with Crippen LogP contribution in [0, 0.1) is 5.41 Å². The molecule has 0 aromatic heterocycles. The average molecular weight is 142 g/mol. The molecule has 0 amide bonds. The summed E-state index contributed by atoms with van der Waals surface area (Å²) >= 11 is 0. The van der Waals surface area contributed by atoms with E-state index in [0.29, 0.717) is 0 Å². The lowest BCUT2D eigenvalue weighted by atomic mass is 9.66. The fourth-order valence-electron chi connectivity index (χ4n) is 1.69. The van der Waals surface area contributed by atoms with Crippen molar-refractivity contribution in [3.05, 3.63) is 0 Å². The Morgan fingerprint density at radius 2 is 2.10 bits per heavy atom. The predicted molar refractivity (Wildman–Crippen MR) is 42.9 cm³/mol. The van der Waals surface area contributed by atoms with Gasteiger partial charge in [-0.3, -0.25) is 0 Å². The maximum absolute atomic E-state index is 9.63. The summed E-state index contributed by atoms with van der Waals surface area (Å²) in [6.07, 6.45) is 5.83. The molecule has 0 bridgehead atoms. The van der Waals surface area contributed by atoms with Gasteiger partial charge in [-0.05, 0) is 24.7 Å². The Balaban J connectivity index is 2.31. The topological polar surface area (TPSA) is 20.2 Å². The Morgan fingerprint density at radius 1 is 1.50 bits per heavy atom. The Hall–Kier alpha value is -0.0400. The summed E-state index contributed by atoms with van der Waals surface area (Å²) in [5.41, 5.74) is 0.288. The summed E-state index contributed by atoms with van der Waals surface area (Å²) in [5.74, 6) is 0. The zero-order valence-electron chi connectivity index (χ0n) is 7.06. The molecule has 1 fully saturated rings. The van der Waals surface area contributed by atoms with Crippen molar-refractivity contribution in [3.8, 4) is 0 Å². The Bertz CT molecular complexity index is 105. The number of aliphatic hydroxyl groups is 1.